The topological polar surface area (TPSA) is 108 Å². The van der Waals surface area contributed by atoms with E-state index in [2.05, 4.69) is 21.3 Å². The average Bonchev–Trinajstić information content (AvgIpc) is 2.85. The molecule has 2 amide bonds. The van der Waals surface area contributed by atoms with E-state index in [9.17, 15) is 9.59 Å². The first-order chi connectivity index (χ1) is 16.2. The van der Waals surface area contributed by atoms with Crippen LogP contribution in [0.2, 0.25) is 0 Å². The average molecular weight is 460 g/mol. The smallest absolute Gasteiger partial charge is 0.251 e. The minimum absolute atomic E-state index is 0.0617. The normalized spacial score (nSPS) is 15.2. The van der Waals surface area contributed by atoms with Crippen molar-refractivity contribution in [2.75, 3.05) is 39.3 Å². The Hall–Kier alpha value is -1.96. The predicted octanol–water partition coefficient (Wildman–Crippen LogP) is 2.57. The number of carbonyl (C=O) groups excluding carboxylic acids is 2. The van der Waals surface area contributed by atoms with E-state index in [4.69, 9.17) is 5.73 Å². The third kappa shape index (κ3) is 12.2. The summed E-state index contributed by atoms with van der Waals surface area (Å²) < 4.78 is 0. The van der Waals surface area contributed by atoms with Gasteiger partial charge in [-0.05, 0) is 82.9 Å². The highest BCUT2D eigenvalue weighted by molar-refractivity contribution is 5.97. The summed E-state index contributed by atoms with van der Waals surface area (Å²) in [5.41, 5.74) is 6.07. The summed E-state index contributed by atoms with van der Waals surface area (Å²) in [7, 11) is 0. The van der Waals surface area contributed by atoms with Crippen molar-refractivity contribution >= 4 is 11.8 Å². The molecule has 0 aromatic heterocycles. The molecule has 1 aliphatic carbocycles. The van der Waals surface area contributed by atoms with Crippen LogP contribution in [-0.2, 0) is 4.79 Å². The Balaban J connectivity index is 1.65. The van der Waals surface area contributed by atoms with Gasteiger partial charge < -0.3 is 27.0 Å². The molecule has 0 unspecified atom stereocenters. The Bertz CT molecular complexity index is 649. The van der Waals surface area contributed by atoms with Gasteiger partial charge in [0.25, 0.3) is 5.91 Å². The van der Waals surface area contributed by atoms with Crippen molar-refractivity contribution in [3.05, 3.63) is 35.9 Å². The molecule has 0 heterocycles. The van der Waals surface area contributed by atoms with Crippen molar-refractivity contribution in [3.8, 4) is 0 Å². The Morgan fingerprint density at radius 3 is 2.15 bits per heavy atom. The minimum atomic E-state index is -0.472. The number of hydrogen-bond acceptors (Lipinski definition) is 5. The van der Waals surface area contributed by atoms with Crippen LogP contribution in [-0.4, -0.2) is 57.1 Å². The van der Waals surface area contributed by atoms with Gasteiger partial charge in [0.05, 0.1) is 0 Å². The lowest BCUT2D eigenvalue weighted by Gasteiger charge is -2.26. The number of nitrogens with two attached hydrogens (primary N) is 1. The molecule has 0 spiro atoms. The quantitative estimate of drug-likeness (QED) is 0.230. The number of carbonyl (C=O) groups is 2. The molecule has 1 fully saturated rings. The lowest BCUT2D eigenvalue weighted by atomic mass is 9.84. The van der Waals surface area contributed by atoms with Crippen LogP contribution in [0.5, 0.6) is 0 Å². The van der Waals surface area contributed by atoms with Gasteiger partial charge in [0.2, 0.25) is 5.91 Å². The highest BCUT2D eigenvalue weighted by atomic mass is 16.2. The standard InChI is InChI=1S/C26H45N5O2/c27-15-9-18-28-16-7-8-17-29-19-10-20-30-26(33)24(21-22-11-3-1-4-12-22)31-25(32)23-13-5-2-6-14-23/h2,5-6,13-14,22,24,28-29H,1,3-4,7-12,15-21,27H2,(H,30,33)(H,31,32)/t24-/m0/s1. The zero-order valence-electron chi connectivity index (χ0n) is 20.2. The van der Waals surface area contributed by atoms with Gasteiger partial charge in [-0.25, -0.2) is 0 Å². The zero-order valence-corrected chi connectivity index (χ0v) is 20.2. The van der Waals surface area contributed by atoms with E-state index < -0.39 is 6.04 Å². The van der Waals surface area contributed by atoms with Crippen LogP contribution >= 0.6 is 0 Å². The zero-order chi connectivity index (χ0) is 23.6. The third-order valence-electron chi connectivity index (χ3n) is 6.30. The van der Waals surface area contributed by atoms with E-state index in [-0.39, 0.29) is 11.8 Å². The molecule has 0 saturated heterocycles. The van der Waals surface area contributed by atoms with Crippen LogP contribution in [0.4, 0.5) is 0 Å². The number of rotatable bonds is 17. The van der Waals surface area contributed by atoms with Crippen molar-refractivity contribution in [1.82, 2.24) is 21.3 Å². The SMILES string of the molecule is NCCCNCCCCNCCCNC(=O)[C@H](CC1CCCCC1)NC(=O)c1ccccc1. The summed E-state index contributed by atoms with van der Waals surface area (Å²) in [6, 6.07) is 8.67. The third-order valence-corrected chi connectivity index (χ3v) is 6.30. The van der Waals surface area contributed by atoms with E-state index >= 15 is 0 Å². The summed E-state index contributed by atoms with van der Waals surface area (Å²) in [6.45, 7) is 5.27. The van der Waals surface area contributed by atoms with E-state index in [1.165, 1.54) is 19.3 Å². The molecule has 6 N–H and O–H groups in total. The molecule has 1 aliphatic rings. The maximum absolute atomic E-state index is 12.9. The molecule has 1 aromatic carbocycles. The minimum Gasteiger partial charge on any atom is -0.354 e. The maximum atomic E-state index is 12.9. The molecule has 1 atom stereocenters. The Kier molecular flexibility index (Phi) is 14.5. The van der Waals surface area contributed by atoms with Crippen LogP contribution in [0.3, 0.4) is 0 Å². The molecular weight excluding hydrogens is 414 g/mol. The first kappa shape index (κ1) is 27.3. The fraction of sp³-hybridized carbons (Fsp3) is 0.692. The second-order valence-electron chi connectivity index (χ2n) is 9.13. The highest BCUT2D eigenvalue weighted by Gasteiger charge is 2.26. The summed E-state index contributed by atoms with van der Waals surface area (Å²) in [6.07, 6.45) is 10.9. The van der Waals surface area contributed by atoms with Crippen LogP contribution < -0.4 is 27.0 Å². The van der Waals surface area contributed by atoms with Crippen molar-refractivity contribution in [1.29, 1.82) is 0 Å². The first-order valence-corrected chi connectivity index (χ1v) is 13.0. The molecule has 0 bridgehead atoms. The van der Waals surface area contributed by atoms with Gasteiger partial charge >= 0.3 is 0 Å². The van der Waals surface area contributed by atoms with Gasteiger partial charge in [0, 0.05) is 12.1 Å². The fourth-order valence-electron chi connectivity index (χ4n) is 4.34. The number of nitrogens with one attached hydrogen (secondary N) is 4. The lowest BCUT2D eigenvalue weighted by Crippen LogP contribution is -2.48. The maximum Gasteiger partial charge on any atom is 0.251 e. The van der Waals surface area contributed by atoms with E-state index in [0.29, 0.717) is 18.0 Å². The van der Waals surface area contributed by atoms with Crippen LogP contribution in [0.1, 0.15) is 74.6 Å². The van der Waals surface area contributed by atoms with Gasteiger partial charge in [0.1, 0.15) is 6.04 Å². The molecule has 33 heavy (non-hydrogen) atoms. The molecule has 0 aliphatic heterocycles. The van der Waals surface area contributed by atoms with Crippen LogP contribution in [0.15, 0.2) is 30.3 Å². The predicted molar refractivity (Wildman–Crippen MR) is 135 cm³/mol. The monoisotopic (exact) mass is 459 g/mol. The van der Waals surface area contributed by atoms with Crippen molar-refractivity contribution in [3.63, 3.8) is 0 Å². The van der Waals surface area contributed by atoms with Crippen molar-refractivity contribution in [2.24, 2.45) is 11.7 Å². The summed E-state index contributed by atoms with van der Waals surface area (Å²) in [5, 5.41) is 12.9. The number of benzene rings is 1. The summed E-state index contributed by atoms with van der Waals surface area (Å²) in [5.74, 6) is 0.274. The van der Waals surface area contributed by atoms with E-state index in [1.807, 2.05) is 18.2 Å². The molecule has 7 heteroatoms. The molecule has 7 nitrogen and oxygen atoms in total. The van der Waals surface area contributed by atoms with Crippen molar-refractivity contribution in [2.45, 2.75) is 70.3 Å². The lowest BCUT2D eigenvalue weighted by molar-refractivity contribution is -0.123. The molecule has 186 valence electrons. The largest absolute Gasteiger partial charge is 0.354 e. The second-order valence-corrected chi connectivity index (χ2v) is 9.13. The molecule has 1 aromatic rings. The number of unbranched alkanes of at least 4 members (excludes halogenated alkanes) is 1. The molecule has 2 rings (SSSR count). The van der Waals surface area contributed by atoms with Gasteiger partial charge in [0.15, 0.2) is 0 Å². The van der Waals surface area contributed by atoms with Gasteiger partial charge in [-0.15, -0.1) is 0 Å². The summed E-state index contributed by atoms with van der Waals surface area (Å²) >= 11 is 0. The number of amides is 2. The van der Waals surface area contributed by atoms with Crippen LogP contribution in [0.25, 0.3) is 0 Å². The Morgan fingerprint density at radius 2 is 1.48 bits per heavy atom. The van der Waals surface area contributed by atoms with Crippen molar-refractivity contribution < 1.29 is 9.59 Å². The van der Waals surface area contributed by atoms with Gasteiger partial charge in [-0.3, -0.25) is 9.59 Å². The first-order valence-electron chi connectivity index (χ1n) is 13.0. The Morgan fingerprint density at radius 1 is 0.848 bits per heavy atom. The second kappa shape index (κ2) is 17.5. The number of hydrogen-bond donors (Lipinski definition) is 5. The van der Waals surface area contributed by atoms with Gasteiger partial charge in [-0.1, -0.05) is 50.3 Å². The van der Waals surface area contributed by atoms with E-state index in [0.717, 1.165) is 77.7 Å². The summed E-state index contributed by atoms with van der Waals surface area (Å²) in [4.78, 5) is 25.6. The highest BCUT2D eigenvalue weighted by Crippen LogP contribution is 2.27. The van der Waals surface area contributed by atoms with Crippen LogP contribution in [0, 0.1) is 5.92 Å². The van der Waals surface area contributed by atoms with Gasteiger partial charge in [-0.2, -0.15) is 0 Å². The Labute approximate surface area is 200 Å². The molecular formula is C26H45N5O2. The fourth-order valence-corrected chi connectivity index (χ4v) is 4.34. The molecule has 0 radical (unpaired) electrons. The van der Waals surface area contributed by atoms with E-state index in [1.54, 1.807) is 12.1 Å². The molecule has 1 saturated carbocycles.